The Kier molecular flexibility index (Phi) is 3.44. The summed E-state index contributed by atoms with van der Waals surface area (Å²) >= 11 is 0. The van der Waals surface area contributed by atoms with Gasteiger partial charge in [-0.15, -0.1) is 0 Å². The van der Waals surface area contributed by atoms with Gasteiger partial charge in [-0.25, -0.2) is 0 Å². The van der Waals surface area contributed by atoms with Crippen LogP contribution in [0.1, 0.15) is 44.6 Å². The van der Waals surface area contributed by atoms with Gasteiger partial charge >= 0.3 is 0 Å². The summed E-state index contributed by atoms with van der Waals surface area (Å²) in [7, 11) is 0. The van der Waals surface area contributed by atoms with Crippen LogP contribution in [0.4, 0.5) is 11.4 Å². The summed E-state index contributed by atoms with van der Waals surface area (Å²) in [6, 6.07) is 7.58. The highest BCUT2D eigenvalue weighted by molar-refractivity contribution is 5.75. The molecule has 2 aliphatic heterocycles. The van der Waals surface area contributed by atoms with Crippen molar-refractivity contribution in [1.29, 1.82) is 0 Å². The molecular formula is C16H24N2. The summed E-state index contributed by atoms with van der Waals surface area (Å²) in [4.78, 5) is 2.65. The minimum absolute atomic E-state index is 0.744. The van der Waals surface area contributed by atoms with Crippen LogP contribution in [0, 0.1) is 0 Å². The fraction of sp³-hybridized carbons (Fsp3) is 0.625. The molecule has 0 amide bonds. The van der Waals surface area contributed by atoms with E-state index >= 15 is 0 Å². The Morgan fingerprint density at radius 1 is 1.28 bits per heavy atom. The number of nitrogens with one attached hydrogen (secondary N) is 1. The second-order valence-electron chi connectivity index (χ2n) is 5.59. The molecule has 1 aromatic rings. The maximum absolute atomic E-state index is 3.63. The lowest BCUT2D eigenvalue weighted by atomic mass is 9.96. The fourth-order valence-electron chi connectivity index (χ4n) is 3.47. The van der Waals surface area contributed by atoms with E-state index in [0.717, 1.165) is 12.6 Å². The zero-order chi connectivity index (χ0) is 12.4. The third kappa shape index (κ3) is 2.09. The molecular weight excluding hydrogens is 220 g/mol. The van der Waals surface area contributed by atoms with Crippen LogP contribution in [0.2, 0.25) is 0 Å². The number of rotatable bonds is 2. The first-order valence-electron chi connectivity index (χ1n) is 7.52. The zero-order valence-electron chi connectivity index (χ0n) is 11.4. The van der Waals surface area contributed by atoms with E-state index in [2.05, 4.69) is 35.3 Å². The van der Waals surface area contributed by atoms with Gasteiger partial charge in [-0.3, -0.25) is 0 Å². The molecule has 0 aromatic heterocycles. The zero-order valence-corrected chi connectivity index (χ0v) is 11.4. The van der Waals surface area contributed by atoms with Crippen LogP contribution in [0.5, 0.6) is 0 Å². The lowest BCUT2D eigenvalue weighted by molar-refractivity contribution is 0.450. The quantitative estimate of drug-likeness (QED) is 0.851. The normalized spacial score (nSPS) is 23.4. The van der Waals surface area contributed by atoms with Crippen LogP contribution >= 0.6 is 0 Å². The van der Waals surface area contributed by atoms with Gasteiger partial charge in [0.25, 0.3) is 0 Å². The van der Waals surface area contributed by atoms with Crippen molar-refractivity contribution in [3.8, 4) is 0 Å². The first-order chi connectivity index (χ1) is 8.90. The average Bonchev–Trinajstić information content (AvgIpc) is 2.46. The van der Waals surface area contributed by atoms with Crippen molar-refractivity contribution >= 4 is 11.4 Å². The third-order valence-electron chi connectivity index (χ3n) is 4.46. The second-order valence-corrected chi connectivity index (χ2v) is 5.59. The van der Waals surface area contributed by atoms with E-state index in [4.69, 9.17) is 0 Å². The molecule has 1 unspecified atom stereocenters. The second kappa shape index (κ2) is 5.21. The maximum Gasteiger partial charge on any atom is 0.0610 e. The number of benzene rings is 1. The molecule has 1 N–H and O–H groups in total. The van der Waals surface area contributed by atoms with Crippen molar-refractivity contribution in [2.24, 2.45) is 0 Å². The van der Waals surface area contributed by atoms with E-state index < -0.39 is 0 Å². The molecule has 0 spiro atoms. The number of nitrogens with zero attached hydrogens (tertiary/aromatic N) is 1. The van der Waals surface area contributed by atoms with Crippen LogP contribution < -0.4 is 10.2 Å². The van der Waals surface area contributed by atoms with Gasteiger partial charge in [0.2, 0.25) is 0 Å². The number of anilines is 2. The highest BCUT2D eigenvalue weighted by Crippen LogP contribution is 2.36. The number of fused-ring (bicyclic) bond motifs is 1. The van der Waals surface area contributed by atoms with Gasteiger partial charge in [0.1, 0.15) is 0 Å². The molecule has 2 aliphatic rings. The topological polar surface area (TPSA) is 15.3 Å². The minimum Gasteiger partial charge on any atom is -0.383 e. The fourth-order valence-corrected chi connectivity index (χ4v) is 3.47. The molecule has 2 nitrogen and oxygen atoms in total. The number of para-hydroxylation sites is 1. The van der Waals surface area contributed by atoms with Gasteiger partial charge in [-0.05, 0) is 50.2 Å². The molecule has 0 saturated carbocycles. The summed E-state index contributed by atoms with van der Waals surface area (Å²) in [6.45, 7) is 4.69. The Morgan fingerprint density at radius 2 is 2.22 bits per heavy atom. The number of hydrogen-bond acceptors (Lipinski definition) is 2. The van der Waals surface area contributed by atoms with Crippen molar-refractivity contribution in [1.82, 2.24) is 0 Å². The van der Waals surface area contributed by atoms with Crippen LogP contribution in [0.3, 0.4) is 0 Å². The van der Waals surface area contributed by atoms with Crippen LogP contribution in [0.15, 0.2) is 18.2 Å². The molecule has 1 saturated heterocycles. The van der Waals surface area contributed by atoms with Gasteiger partial charge in [0.05, 0.1) is 11.4 Å². The standard InChI is InChI=1S/C16H24N2/c1-2-14-9-3-4-12-18(14)15-10-5-7-13-8-6-11-17-16(13)15/h5,7,10,14,17H,2-4,6,8-9,11-12H2,1H3. The number of aryl methyl sites for hydroxylation is 1. The lowest BCUT2D eigenvalue weighted by Crippen LogP contribution is -2.39. The SMILES string of the molecule is CCC1CCCCN1c1cccc2c1NCCC2. The van der Waals surface area contributed by atoms with Crippen LogP contribution in [-0.2, 0) is 6.42 Å². The number of piperidine rings is 1. The molecule has 0 aliphatic carbocycles. The molecule has 1 atom stereocenters. The summed E-state index contributed by atoms with van der Waals surface area (Å²) in [6.07, 6.45) is 7.88. The van der Waals surface area contributed by atoms with E-state index in [1.54, 1.807) is 0 Å². The van der Waals surface area contributed by atoms with E-state index in [1.165, 1.54) is 62.0 Å². The molecule has 2 heterocycles. The molecule has 98 valence electrons. The van der Waals surface area contributed by atoms with Gasteiger partial charge in [-0.2, -0.15) is 0 Å². The van der Waals surface area contributed by atoms with Crippen LogP contribution in [0.25, 0.3) is 0 Å². The Bertz CT molecular complexity index is 414. The van der Waals surface area contributed by atoms with Crippen molar-refractivity contribution in [2.75, 3.05) is 23.3 Å². The summed E-state index contributed by atoms with van der Waals surface area (Å²) < 4.78 is 0. The maximum atomic E-state index is 3.63. The Hall–Kier alpha value is -1.18. The van der Waals surface area contributed by atoms with Gasteiger partial charge in [0, 0.05) is 19.1 Å². The smallest absolute Gasteiger partial charge is 0.0610 e. The molecule has 2 heteroatoms. The average molecular weight is 244 g/mol. The Labute approximate surface area is 110 Å². The Balaban J connectivity index is 1.95. The monoisotopic (exact) mass is 244 g/mol. The molecule has 3 rings (SSSR count). The van der Waals surface area contributed by atoms with Crippen molar-refractivity contribution in [3.63, 3.8) is 0 Å². The van der Waals surface area contributed by atoms with Gasteiger partial charge < -0.3 is 10.2 Å². The molecule has 0 radical (unpaired) electrons. The van der Waals surface area contributed by atoms with E-state index in [0.29, 0.717) is 0 Å². The van der Waals surface area contributed by atoms with E-state index in [9.17, 15) is 0 Å². The van der Waals surface area contributed by atoms with Crippen molar-refractivity contribution in [3.05, 3.63) is 23.8 Å². The molecule has 1 aromatic carbocycles. The molecule has 0 bridgehead atoms. The summed E-state index contributed by atoms with van der Waals surface area (Å²) in [5.41, 5.74) is 4.39. The summed E-state index contributed by atoms with van der Waals surface area (Å²) in [5.74, 6) is 0. The van der Waals surface area contributed by atoms with Crippen molar-refractivity contribution in [2.45, 2.75) is 51.5 Å². The Morgan fingerprint density at radius 3 is 3.11 bits per heavy atom. The predicted molar refractivity (Wildman–Crippen MR) is 78.5 cm³/mol. The first kappa shape index (κ1) is 11.9. The van der Waals surface area contributed by atoms with E-state index in [-0.39, 0.29) is 0 Å². The third-order valence-corrected chi connectivity index (χ3v) is 4.46. The van der Waals surface area contributed by atoms with Crippen molar-refractivity contribution < 1.29 is 0 Å². The van der Waals surface area contributed by atoms with Gasteiger partial charge in [0.15, 0.2) is 0 Å². The lowest BCUT2D eigenvalue weighted by Gasteiger charge is -2.39. The highest BCUT2D eigenvalue weighted by atomic mass is 15.2. The van der Waals surface area contributed by atoms with E-state index in [1.807, 2.05) is 0 Å². The highest BCUT2D eigenvalue weighted by Gasteiger charge is 2.24. The summed E-state index contributed by atoms with van der Waals surface area (Å²) in [5, 5.41) is 3.63. The van der Waals surface area contributed by atoms with Gasteiger partial charge in [-0.1, -0.05) is 19.1 Å². The first-order valence-corrected chi connectivity index (χ1v) is 7.52. The largest absolute Gasteiger partial charge is 0.383 e. The predicted octanol–water partition coefficient (Wildman–Crippen LogP) is 3.81. The van der Waals surface area contributed by atoms with Crippen LogP contribution in [-0.4, -0.2) is 19.1 Å². The molecule has 1 fully saturated rings. The molecule has 18 heavy (non-hydrogen) atoms. The minimum atomic E-state index is 0.744. The number of hydrogen-bond donors (Lipinski definition) is 1.